The summed E-state index contributed by atoms with van der Waals surface area (Å²) in [6, 6.07) is 14.1. The fraction of sp³-hybridized carbons (Fsp3) is 0.483. The summed E-state index contributed by atoms with van der Waals surface area (Å²) < 4.78 is 21.1. The number of hydrogen-bond donors (Lipinski definition) is 2. The van der Waals surface area contributed by atoms with Gasteiger partial charge in [0.15, 0.2) is 0 Å². The van der Waals surface area contributed by atoms with E-state index < -0.39 is 17.7 Å². The maximum Gasteiger partial charge on any atom is 0.408 e. The van der Waals surface area contributed by atoms with Crippen molar-refractivity contribution in [3.63, 3.8) is 0 Å². The molecule has 38 heavy (non-hydrogen) atoms. The molecule has 2 aromatic carbocycles. The molecule has 2 amide bonds. The van der Waals surface area contributed by atoms with Crippen molar-refractivity contribution in [2.45, 2.75) is 65.0 Å². The van der Waals surface area contributed by atoms with E-state index in [1.165, 1.54) is 0 Å². The van der Waals surface area contributed by atoms with E-state index in [9.17, 15) is 14.4 Å². The molecule has 208 valence electrons. The molecule has 0 aliphatic carbocycles. The Balaban J connectivity index is 1.94. The second-order valence-corrected chi connectivity index (χ2v) is 9.69. The average Bonchev–Trinajstić information content (AvgIpc) is 2.86. The van der Waals surface area contributed by atoms with E-state index in [2.05, 4.69) is 10.6 Å². The molecule has 1 atom stereocenters. The van der Waals surface area contributed by atoms with Crippen molar-refractivity contribution in [1.82, 2.24) is 10.6 Å². The summed E-state index contributed by atoms with van der Waals surface area (Å²) in [5.74, 6) is 0.881. The Hall–Kier alpha value is -3.75. The van der Waals surface area contributed by atoms with E-state index in [0.717, 1.165) is 16.9 Å². The molecule has 0 unspecified atom stereocenters. The molecule has 0 bridgehead atoms. The number of amides is 2. The van der Waals surface area contributed by atoms with Crippen LogP contribution in [0.5, 0.6) is 11.5 Å². The second kappa shape index (κ2) is 15.5. The summed E-state index contributed by atoms with van der Waals surface area (Å²) in [5, 5.41) is 5.61. The molecule has 0 saturated carbocycles. The van der Waals surface area contributed by atoms with Crippen LogP contribution in [0.15, 0.2) is 48.5 Å². The van der Waals surface area contributed by atoms with Gasteiger partial charge in [0, 0.05) is 19.4 Å². The van der Waals surface area contributed by atoms with Crippen molar-refractivity contribution in [3.05, 3.63) is 59.7 Å². The van der Waals surface area contributed by atoms with Crippen molar-refractivity contribution in [2.75, 3.05) is 26.9 Å². The Labute approximate surface area is 225 Å². The second-order valence-electron chi connectivity index (χ2n) is 9.69. The molecule has 0 heterocycles. The van der Waals surface area contributed by atoms with Gasteiger partial charge in [-0.2, -0.15) is 0 Å². The number of esters is 1. The molecular formula is C29H40N2O7. The molecule has 0 spiro atoms. The van der Waals surface area contributed by atoms with E-state index >= 15 is 0 Å². The lowest BCUT2D eigenvalue weighted by molar-refractivity contribution is -0.143. The quantitative estimate of drug-likeness (QED) is 0.279. The standard InChI is InChI=1S/C29H40N2O7/c1-6-36-26(32)8-7-19-37-24-15-11-22(12-16-24)20-25(31-28(34)38-29(2,3)4)27(33)30-18-17-21-9-13-23(35-5)14-10-21/h9-16,25H,6-8,17-20H2,1-5H3,(H,30,33)(H,31,34)/t25-/m0/s1. The number of hydrogen-bond acceptors (Lipinski definition) is 7. The van der Waals surface area contributed by atoms with Crippen molar-refractivity contribution in [2.24, 2.45) is 0 Å². The minimum Gasteiger partial charge on any atom is -0.497 e. The molecular weight excluding hydrogens is 488 g/mol. The van der Waals surface area contributed by atoms with Gasteiger partial charge in [0.25, 0.3) is 0 Å². The maximum absolute atomic E-state index is 13.0. The van der Waals surface area contributed by atoms with Crippen molar-refractivity contribution >= 4 is 18.0 Å². The van der Waals surface area contributed by atoms with Crippen LogP contribution >= 0.6 is 0 Å². The molecule has 0 saturated heterocycles. The normalized spacial score (nSPS) is 11.7. The predicted molar refractivity (Wildman–Crippen MR) is 144 cm³/mol. The van der Waals surface area contributed by atoms with Gasteiger partial charge < -0.3 is 29.6 Å². The van der Waals surface area contributed by atoms with E-state index in [-0.39, 0.29) is 18.3 Å². The van der Waals surface area contributed by atoms with Gasteiger partial charge in [-0.25, -0.2) is 4.79 Å². The Morgan fingerprint density at radius 3 is 2.16 bits per heavy atom. The highest BCUT2D eigenvalue weighted by Gasteiger charge is 2.24. The monoisotopic (exact) mass is 528 g/mol. The summed E-state index contributed by atoms with van der Waals surface area (Å²) in [5.41, 5.74) is 1.21. The van der Waals surface area contributed by atoms with Gasteiger partial charge in [0.2, 0.25) is 5.91 Å². The summed E-state index contributed by atoms with van der Waals surface area (Å²) in [7, 11) is 1.61. The van der Waals surface area contributed by atoms with Crippen molar-refractivity contribution < 1.29 is 33.3 Å². The highest BCUT2D eigenvalue weighted by atomic mass is 16.6. The summed E-state index contributed by atoms with van der Waals surface area (Å²) >= 11 is 0. The van der Waals surface area contributed by atoms with Gasteiger partial charge in [-0.1, -0.05) is 24.3 Å². The number of carbonyl (C=O) groups is 3. The summed E-state index contributed by atoms with van der Waals surface area (Å²) in [6.07, 6.45) is 1.11. The molecule has 0 aliphatic heterocycles. The maximum atomic E-state index is 13.0. The fourth-order valence-corrected chi connectivity index (χ4v) is 3.50. The topological polar surface area (TPSA) is 112 Å². The van der Waals surface area contributed by atoms with Crippen LogP contribution in [-0.4, -0.2) is 56.5 Å². The first-order valence-corrected chi connectivity index (χ1v) is 12.9. The molecule has 9 heteroatoms. The van der Waals surface area contributed by atoms with Gasteiger partial charge in [-0.15, -0.1) is 0 Å². The first kappa shape index (κ1) is 30.5. The van der Waals surface area contributed by atoms with E-state index in [0.29, 0.717) is 44.8 Å². The van der Waals surface area contributed by atoms with Crippen LogP contribution in [0.3, 0.4) is 0 Å². The predicted octanol–water partition coefficient (Wildman–Crippen LogP) is 4.21. The zero-order valence-electron chi connectivity index (χ0n) is 23.0. The summed E-state index contributed by atoms with van der Waals surface area (Å²) in [6.45, 7) is 8.24. The Morgan fingerprint density at radius 2 is 1.55 bits per heavy atom. The average molecular weight is 529 g/mol. The van der Waals surface area contributed by atoms with Crippen LogP contribution in [0.25, 0.3) is 0 Å². The number of methoxy groups -OCH3 is 1. The fourth-order valence-electron chi connectivity index (χ4n) is 3.50. The van der Waals surface area contributed by atoms with Gasteiger partial charge in [0.05, 0.1) is 20.3 Å². The van der Waals surface area contributed by atoms with Crippen LogP contribution in [0.4, 0.5) is 4.79 Å². The van der Waals surface area contributed by atoms with Crippen molar-refractivity contribution in [3.8, 4) is 11.5 Å². The number of nitrogens with one attached hydrogen (secondary N) is 2. The molecule has 0 aromatic heterocycles. The third-order valence-corrected chi connectivity index (χ3v) is 5.34. The van der Waals surface area contributed by atoms with Gasteiger partial charge in [0.1, 0.15) is 23.1 Å². The van der Waals surface area contributed by atoms with Gasteiger partial charge in [-0.05, 0) is 75.9 Å². The van der Waals surface area contributed by atoms with Crippen LogP contribution < -0.4 is 20.1 Å². The SMILES string of the molecule is CCOC(=O)CCCOc1ccc(C[C@H](NC(=O)OC(C)(C)C)C(=O)NCCc2ccc(OC)cc2)cc1. The Bertz CT molecular complexity index is 1010. The minimum atomic E-state index is -0.822. The van der Waals surface area contributed by atoms with Crippen molar-refractivity contribution in [1.29, 1.82) is 0 Å². The van der Waals surface area contributed by atoms with E-state index in [1.807, 2.05) is 36.4 Å². The number of rotatable bonds is 14. The smallest absolute Gasteiger partial charge is 0.408 e. The lowest BCUT2D eigenvalue weighted by Crippen LogP contribution is -2.49. The first-order chi connectivity index (χ1) is 18.1. The lowest BCUT2D eigenvalue weighted by atomic mass is 10.0. The van der Waals surface area contributed by atoms with Gasteiger partial charge >= 0.3 is 12.1 Å². The zero-order chi connectivity index (χ0) is 28.0. The largest absolute Gasteiger partial charge is 0.497 e. The first-order valence-electron chi connectivity index (χ1n) is 12.9. The zero-order valence-corrected chi connectivity index (χ0v) is 23.0. The van der Waals surface area contributed by atoms with Gasteiger partial charge in [-0.3, -0.25) is 9.59 Å². The third kappa shape index (κ3) is 12.0. The molecule has 9 nitrogen and oxygen atoms in total. The third-order valence-electron chi connectivity index (χ3n) is 5.34. The van der Waals surface area contributed by atoms with Crippen LogP contribution in [0, 0.1) is 0 Å². The molecule has 0 radical (unpaired) electrons. The molecule has 2 rings (SSSR count). The number of benzene rings is 2. The molecule has 2 N–H and O–H groups in total. The van der Waals surface area contributed by atoms with E-state index in [4.69, 9.17) is 18.9 Å². The molecule has 2 aromatic rings. The number of alkyl carbamates (subject to hydrolysis) is 1. The lowest BCUT2D eigenvalue weighted by Gasteiger charge is -2.23. The molecule has 0 aliphatic rings. The highest BCUT2D eigenvalue weighted by molar-refractivity contribution is 5.86. The van der Waals surface area contributed by atoms with Crippen LogP contribution in [-0.2, 0) is 31.9 Å². The Morgan fingerprint density at radius 1 is 0.921 bits per heavy atom. The van der Waals surface area contributed by atoms with E-state index in [1.54, 1.807) is 46.9 Å². The minimum absolute atomic E-state index is 0.239. The number of ether oxygens (including phenoxy) is 4. The Kier molecular flexibility index (Phi) is 12.4. The van der Waals surface area contributed by atoms with Crippen LogP contribution in [0.1, 0.15) is 51.7 Å². The van der Waals surface area contributed by atoms with Crippen LogP contribution in [0.2, 0.25) is 0 Å². The summed E-state index contributed by atoms with van der Waals surface area (Å²) in [4.78, 5) is 36.9. The number of carbonyl (C=O) groups excluding carboxylic acids is 3. The molecule has 0 fully saturated rings. The highest BCUT2D eigenvalue weighted by Crippen LogP contribution is 2.15.